The predicted octanol–water partition coefficient (Wildman–Crippen LogP) is 4.68. The number of nitrogens with zero attached hydrogens (tertiary/aromatic N) is 2. The molecule has 0 fully saturated rings. The van der Waals surface area contributed by atoms with Crippen molar-refractivity contribution >= 4 is 23.0 Å². The monoisotopic (exact) mass is 270 g/mol. The van der Waals surface area contributed by atoms with Gasteiger partial charge in [-0.3, -0.25) is 0 Å². The first-order chi connectivity index (χ1) is 9.15. The van der Waals surface area contributed by atoms with Crippen LogP contribution in [0, 0.1) is 18.3 Å². The number of hydrogen-bond acceptors (Lipinski definition) is 2. The summed E-state index contributed by atoms with van der Waals surface area (Å²) >= 11 is 6.05. The van der Waals surface area contributed by atoms with Crippen molar-refractivity contribution in [2.75, 3.05) is 11.4 Å². The smallest absolute Gasteiger partial charge is 0.101 e. The molecular weight excluding hydrogens is 256 g/mol. The quantitative estimate of drug-likeness (QED) is 0.810. The normalized spacial score (nSPS) is 10.0. The Balaban J connectivity index is 2.51. The van der Waals surface area contributed by atoms with Crippen molar-refractivity contribution in [3.8, 4) is 6.07 Å². The zero-order valence-corrected chi connectivity index (χ0v) is 11.8. The maximum Gasteiger partial charge on any atom is 0.101 e. The van der Waals surface area contributed by atoms with E-state index < -0.39 is 0 Å². The molecule has 0 spiro atoms. The van der Waals surface area contributed by atoms with Crippen LogP contribution in [0.1, 0.15) is 18.1 Å². The summed E-state index contributed by atoms with van der Waals surface area (Å²) < 4.78 is 0. The SMILES string of the molecule is CCN(c1ccc(C)cc1)c1cc(Cl)ccc1C#N. The lowest BCUT2D eigenvalue weighted by atomic mass is 10.1. The van der Waals surface area contributed by atoms with E-state index >= 15 is 0 Å². The van der Waals surface area contributed by atoms with E-state index in [9.17, 15) is 5.26 Å². The predicted molar refractivity (Wildman–Crippen MR) is 80.0 cm³/mol. The van der Waals surface area contributed by atoms with Crippen molar-refractivity contribution in [2.24, 2.45) is 0 Å². The lowest BCUT2D eigenvalue weighted by Crippen LogP contribution is -2.17. The zero-order valence-electron chi connectivity index (χ0n) is 11.0. The van der Waals surface area contributed by atoms with Gasteiger partial charge in [0.1, 0.15) is 6.07 Å². The molecule has 0 atom stereocenters. The molecule has 19 heavy (non-hydrogen) atoms. The third kappa shape index (κ3) is 2.89. The number of hydrogen-bond donors (Lipinski definition) is 0. The fraction of sp³-hybridized carbons (Fsp3) is 0.188. The number of anilines is 2. The van der Waals surface area contributed by atoms with Crippen LogP contribution in [0.25, 0.3) is 0 Å². The Bertz CT molecular complexity index is 612. The van der Waals surface area contributed by atoms with Crippen molar-refractivity contribution in [2.45, 2.75) is 13.8 Å². The largest absolute Gasteiger partial charge is 0.341 e. The Kier molecular flexibility index (Phi) is 4.09. The number of rotatable bonds is 3. The first kappa shape index (κ1) is 13.5. The van der Waals surface area contributed by atoms with Crippen LogP contribution in [0.5, 0.6) is 0 Å². The number of halogens is 1. The Morgan fingerprint density at radius 3 is 2.42 bits per heavy atom. The molecule has 0 aliphatic rings. The first-order valence-corrected chi connectivity index (χ1v) is 6.57. The summed E-state index contributed by atoms with van der Waals surface area (Å²) in [6.45, 7) is 4.89. The summed E-state index contributed by atoms with van der Waals surface area (Å²) in [5.74, 6) is 0. The lowest BCUT2D eigenvalue weighted by molar-refractivity contribution is 1.02. The van der Waals surface area contributed by atoms with E-state index in [1.807, 2.05) is 6.07 Å². The Labute approximate surface area is 118 Å². The minimum atomic E-state index is 0.631. The van der Waals surface area contributed by atoms with Crippen molar-refractivity contribution < 1.29 is 0 Å². The average molecular weight is 271 g/mol. The molecule has 2 aromatic carbocycles. The van der Waals surface area contributed by atoms with Crippen LogP contribution < -0.4 is 4.90 Å². The standard InChI is InChI=1S/C16H15ClN2/c1-3-19(15-8-4-12(2)5-9-15)16-10-14(17)7-6-13(16)11-18/h4-10H,3H2,1-2H3. The molecule has 2 aromatic rings. The summed E-state index contributed by atoms with van der Waals surface area (Å²) in [5.41, 5.74) is 3.76. The van der Waals surface area contributed by atoms with Crippen molar-refractivity contribution in [3.63, 3.8) is 0 Å². The van der Waals surface area contributed by atoms with Gasteiger partial charge in [-0.1, -0.05) is 29.3 Å². The molecule has 0 saturated heterocycles. The maximum absolute atomic E-state index is 9.23. The van der Waals surface area contributed by atoms with Crippen LogP contribution >= 0.6 is 11.6 Å². The van der Waals surface area contributed by atoms with E-state index in [0.29, 0.717) is 10.6 Å². The molecule has 0 saturated carbocycles. The molecule has 96 valence electrons. The molecule has 3 heteroatoms. The highest BCUT2D eigenvalue weighted by Gasteiger charge is 2.12. The topological polar surface area (TPSA) is 27.0 Å². The van der Waals surface area contributed by atoms with Gasteiger partial charge in [0.15, 0.2) is 0 Å². The van der Waals surface area contributed by atoms with Crippen molar-refractivity contribution in [1.29, 1.82) is 5.26 Å². The van der Waals surface area contributed by atoms with Crippen molar-refractivity contribution in [1.82, 2.24) is 0 Å². The maximum atomic E-state index is 9.23. The minimum absolute atomic E-state index is 0.631. The molecule has 0 unspecified atom stereocenters. The molecule has 0 bridgehead atoms. The van der Waals surface area contributed by atoms with Crippen LogP contribution in [0.15, 0.2) is 42.5 Å². The Morgan fingerprint density at radius 2 is 1.84 bits per heavy atom. The summed E-state index contributed by atoms with van der Waals surface area (Å²) in [7, 11) is 0. The van der Waals surface area contributed by atoms with Gasteiger partial charge in [0, 0.05) is 17.3 Å². The minimum Gasteiger partial charge on any atom is -0.341 e. The van der Waals surface area contributed by atoms with Crippen LogP contribution in [0.3, 0.4) is 0 Å². The molecule has 0 aliphatic heterocycles. The highest BCUT2D eigenvalue weighted by atomic mass is 35.5. The number of nitriles is 1. The molecule has 2 rings (SSSR count). The molecule has 2 nitrogen and oxygen atoms in total. The summed E-state index contributed by atoms with van der Waals surface area (Å²) in [4.78, 5) is 2.09. The molecule has 0 N–H and O–H groups in total. The van der Waals surface area contributed by atoms with Gasteiger partial charge in [0.2, 0.25) is 0 Å². The van der Waals surface area contributed by atoms with Gasteiger partial charge in [-0.15, -0.1) is 0 Å². The number of aryl methyl sites for hydroxylation is 1. The van der Waals surface area contributed by atoms with Gasteiger partial charge in [-0.25, -0.2) is 0 Å². The van der Waals surface area contributed by atoms with Gasteiger partial charge in [0.05, 0.1) is 11.3 Å². The van der Waals surface area contributed by atoms with E-state index in [1.54, 1.807) is 12.1 Å². The van der Waals surface area contributed by atoms with E-state index in [-0.39, 0.29) is 0 Å². The highest BCUT2D eigenvalue weighted by molar-refractivity contribution is 6.30. The fourth-order valence-electron chi connectivity index (χ4n) is 2.04. The first-order valence-electron chi connectivity index (χ1n) is 6.19. The molecule has 0 radical (unpaired) electrons. The molecular formula is C16H15ClN2. The second-order valence-corrected chi connectivity index (χ2v) is 4.79. The van der Waals surface area contributed by atoms with Crippen LogP contribution in [0.4, 0.5) is 11.4 Å². The van der Waals surface area contributed by atoms with E-state index in [2.05, 4.69) is 49.1 Å². The van der Waals surface area contributed by atoms with E-state index in [0.717, 1.165) is 17.9 Å². The second kappa shape index (κ2) is 5.77. The van der Waals surface area contributed by atoms with Gasteiger partial charge in [-0.05, 0) is 44.2 Å². The van der Waals surface area contributed by atoms with Crippen molar-refractivity contribution in [3.05, 3.63) is 58.6 Å². The summed E-state index contributed by atoms with van der Waals surface area (Å²) in [6, 6.07) is 15.8. The molecule has 0 aliphatic carbocycles. The van der Waals surface area contributed by atoms with Gasteiger partial charge in [-0.2, -0.15) is 5.26 Å². The third-order valence-corrected chi connectivity index (χ3v) is 3.27. The molecule has 0 aromatic heterocycles. The highest BCUT2D eigenvalue weighted by Crippen LogP contribution is 2.30. The Hall–Kier alpha value is -1.98. The third-order valence-electron chi connectivity index (χ3n) is 3.03. The zero-order chi connectivity index (χ0) is 13.8. The fourth-order valence-corrected chi connectivity index (χ4v) is 2.21. The lowest BCUT2D eigenvalue weighted by Gasteiger charge is -2.24. The summed E-state index contributed by atoms with van der Waals surface area (Å²) in [5, 5.41) is 9.86. The molecule has 0 heterocycles. The average Bonchev–Trinajstić information content (AvgIpc) is 2.42. The van der Waals surface area contributed by atoms with Crippen LogP contribution in [0.2, 0.25) is 5.02 Å². The van der Waals surface area contributed by atoms with E-state index in [4.69, 9.17) is 11.6 Å². The van der Waals surface area contributed by atoms with Gasteiger partial charge < -0.3 is 4.90 Å². The van der Waals surface area contributed by atoms with Crippen LogP contribution in [-0.4, -0.2) is 6.54 Å². The molecule has 0 amide bonds. The van der Waals surface area contributed by atoms with Gasteiger partial charge in [0.25, 0.3) is 0 Å². The number of benzene rings is 2. The van der Waals surface area contributed by atoms with Gasteiger partial charge >= 0.3 is 0 Å². The van der Waals surface area contributed by atoms with E-state index in [1.165, 1.54) is 5.56 Å². The van der Waals surface area contributed by atoms with Crippen LogP contribution in [-0.2, 0) is 0 Å². The second-order valence-electron chi connectivity index (χ2n) is 4.35. The Morgan fingerprint density at radius 1 is 1.16 bits per heavy atom. The summed E-state index contributed by atoms with van der Waals surface area (Å²) in [6.07, 6.45) is 0.